The molecule has 1 aliphatic rings. The van der Waals surface area contributed by atoms with E-state index >= 15 is 0 Å². The van der Waals surface area contributed by atoms with E-state index in [4.69, 9.17) is 4.74 Å². The zero-order valence-electron chi connectivity index (χ0n) is 39.1. The summed E-state index contributed by atoms with van der Waals surface area (Å²) in [4.78, 5) is 13.1. The fourth-order valence-corrected chi connectivity index (χ4v) is 8.94. The van der Waals surface area contributed by atoms with Crippen molar-refractivity contribution in [1.29, 1.82) is 0 Å². The zero-order valence-corrected chi connectivity index (χ0v) is 39.1. The first-order valence-corrected chi connectivity index (χ1v) is 26.1. The number of unbranched alkanes of at least 4 members (excludes halogenated alkanes) is 33. The van der Waals surface area contributed by atoms with Crippen LogP contribution in [0.15, 0.2) is 0 Å². The van der Waals surface area contributed by atoms with Gasteiger partial charge in [-0.25, -0.2) is 0 Å². The van der Waals surface area contributed by atoms with Crippen molar-refractivity contribution in [2.45, 2.75) is 313 Å². The van der Waals surface area contributed by atoms with Gasteiger partial charge in [0.05, 0.1) is 31.0 Å². The molecule has 1 aliphatic carbocycles. The van der Waals surface area contributed by atoms with Gasteiger partial charge in [-0.1, -0.05) is 232 Å². The van der Waals surface area contributed by atoms with Gasteiger partial charge < -0.3 is 35.6 Å². The molecule has 352 valence electrons. The van der Waals surface area contributed by atoms with Gasteiger partial charge in [-0.05, 0) is 32.1 Å². The molecule has 0 spiro atoms. The van der Waals surface area contributed by atoms with Crippen LogP contribution in [0, 0.1) is 0 Å². The molecule has 0 aromatic heterocycles. The van der Waals surface area contributed by atoms with E-state index in [2.05, 4.69) is 19.2 Å². The average molecular weight is 840 g/mol. The predicted molar refractivity (Wildman–Crippen MR) is 248 cm³/mol. The highest BCUT2D eigenvalue weighted by molar-refractivity contribution is 5.76. The van der Waals surface area contributed by atoms with Crippen LogP contribution in [0.1, 0.15) is 271 Å². The van der Waals surface area contributed by atoms with Crippen molar-refractivity contribution in [3.63, 3.8) is 0 Å². The van der Waals surface area contributed by atoms with Crippen LogP contribution in [0.2, 0.25) is 0 Å². The Morgan fingerprint density at radius 1 is 0.508 bits per heavy atom. The third-order valence-corrected chi connectivity index (χ3v) is 13.1. The quantitative estimate of drug-likeness (QED) is 0.0265. The maximum absolute atomic E-state index is 13.1. The summed E-state index contributed by atoms with van der Waals surface area (Å²) in [6.07, 6.45) is 40.9. The van der Waals surface area contributed by atoms with Gasteiger partial charge in [0.2, 0.25) is 5.91 Å². The fourth-order valence-electron chi connectivity index (χ4n) is 8.94. The van der Waals surface area contributed by atoms with Gasteiger partial charge in [-0.2, -0.15) is 0 Å². The van der Waals surface area contributed by atoms with Crippen molar-refractivity contribution in [3.05, 3.63) is 0 Å². The lowest BCUT2D eigenvalue weighted by Gasteiger charge is -2.31. The molecule has 0 aromatic carbocycles. The standard InChI is InChI=1S/C51H101NO7/c1-3-5-7-9-11-13-15-17-18-19-20-21-22-23-24-25-26-27-29-31-33-35-37-42-48(55)52-44(43-59-47-41-38-40-46(54)50(57)51(47)58)49(56)45(53)39-36-34-32-30-28-16-14-12-10-8-6-4-2/h44-47,49-51,53-54,56-58H,3-43H2,1-2H3,(H,52,55)/t44-,45+,46+,47+,49-,50+,51-/m1/s1. The SMILES string of the molecule is CCCCCCCCCCCCCCCCCCCCCCCCCC(=O)N[C@H](CO[C@H]1CCC[C@H](O)[C@H](O)[C@@H]1O)[C@@H](O)[C@@H](O)CCCCCCCCCCCCCC. The summed E-state index contributed by atoms with van der Waals surface area (Å²) in [5, 5.41) is 56.1. The van der Waals surface area contributed by atoms with Crippen molar-refractivity contribution < 1.29 is 35.1 Å². The first kappa shape index (κ1) is 56.2. The third kappa shape index (κ3) is 32.6. The highest BCUT2D eigenvalue weighted by atomic mass is 16.5. The number of carbonyl (C=O) groups is 1. The van der Waals surface area contributed by atoms with Crippen LogP contribution in [0.5, 0.6) is 0 Å². The normalized spacial score (nSPS) is 20.1. The Bertz CT molecular complexity index is 892. The first-order valence-electron chi connectivity index (χ1n) is 26.1. The number of ether oxygens (including phenoxy) is 1. The largest absolute Gasteiger partial charge is 0.390 e. The molecule has 1 fully saturated rings. The molecule has 0 aromatic rings. The topological polar surface area (TPSA) is 139 Å². The summed E-state index contributed by atoms with van der Waals surface area (Å²) >= 11 is 0. The predicted octanol–water partition coefficient (Wildman–Crippen LogP) is 12.3. The Morgan fingerprint density at radius 2 is 0.864 bits per heavy atom. The minimum Gasteiger partial charge on any atom is -0.390 e. The van der Waals surface area contributed by atoms with Crippen LogP contribution in [0.25, 0.3) is 0 Å². The van der Waals surface area contributed by atoms with E-state index in [0.717, 1.165) is 38.5 Å². The highest BCUT2D eigenvalue weighted by Gasteiger charge is 2.36. The second kappa shape index (κ2) is 41.3. The molecule has 1 saturated carbocycles. The van der Waals surface area contributed by atoms with Gasteiger partial charge in [-0.15, -0.1) is 0 Å². The monoisotopic (exact) mass is 840 g/mol. The Hall–Kier alpha value is -0.770. The molecule has 0 unspecified atom stereocenters. The van der Waals surface area contributed by atoms with Crippen molar-refractivity contribution in [2.75, 3.05) is 6.61 Å². The Balaban J connectivity index is 2.23. The molecular formula is C51H101NO7. The van der Waals surface area contributed by atoms with Gasteiger partial charge in [-0.3, -0.25) is 4.79 Å². The van der Waals surface area contributed by atoms with E-state index in [1.54, 1.807) is 0 Å². The number of nitrogens with one attached hydrogen (secondary N) is 1. The van der Waals surface area contributed by atoms with Crippen LogP contribution in [-0.4, -0.2) is 80.7 Å². The highest BCUT2D eigenvalue weighted by Crippen LogP contribution is 2.23. The first-order chi connectivity index (χ1) is 28.8. The minimum atomic E-state index is -1.31. The fraction of sp³-hybridized carbons (Fsp3) is 0.980. The van der Waals surface area contributed by atoms with E-state index in [1.165, 1.54) is 186 Å². The van der Waals surface area contributed by atoms with Gasteiger partial charge in [0, 0.05) is 6.42 Å². The summed E-state index contributed by atoms with van der Waals surface area (Å²) in [5.74, 6) is -0.171. The molecule has 59 heavy (non-hydrogen) atoms. The molecular weight excluding hydrogens is 739 g/mol. The van der Waals surface area contributed by atoms with E-state index in [1.807, 2.05) is 0 Å². The molecule has 0 radical (unpaired) electrons. The summed E-state index contributed by atoms with van der Waals surface area (Å²) in [6.45, 7) is 4.45. The van der Waals surface area contributed by atoms with E-state index in [9.17, 15) is 30.3 Å². The number of aliphatic hydroxyl groups excluding tert-OH is 5. The average Bonchev–Trinajstić information content (AvgIpc) is 3.35. The lowest BCUT2D eigenvalue weighted by molar-refractivity contribution is -0.132. The minimum absolute atomic E-state index is 0.0909. The number of amides is 1. The summed E-state index contributed by atoms with van der Waals surface area (Å²) in [5.41, 5.74) is 0. The maximum Gasteiger partial charge on any atom is 0.220 e. The van der Waals surface area contributed by atoms with E-state index < -0.39 is 42.7 Å². The molecule has 0 saturated heterocycles. The zero-order chi connectivity index (χ0) is 43.0. The van der Waals surface area contributed by atoms with Gasteiger partial charge >= 0.3 is 0 Å². The van der Waals surface area contributed by atoms with Crippen molar-refractivity contribution >= 4 is 5.91 Å². The Kier molecular flexibility index (Phi) is 39.3. The molecule has 7 atom stereocenters. The third-order valence-electron chi connectivity index (χ3n) is 13.1. The van der Waals surface area contributed by atoms with Crippen molar-refractivity contribution in [2.24, 2.45) is 0 Å². The summed E-state index contributed by atoms with van der Waals surface area (Å²) in [7, 11) is 0. The lowest BCUT2D eigenvalue weighted by atomic mass is 9.98. The maximum atomic E-state index is 13.1. The number of aliphatic hydroxyl groups is 5. The molecule has 0 aliphatic heterocycles. The molecule has 1 rings (SSSR count). The molecule has 8 heteroatoms. The number of hydrogen-bond donors (Lipinski definition) is 6. The van der Waals surface area contributed by atoms with Crippen LogP contribution < -0.4 is 5.32 Å². The summed E-state index contributed by atoms with van der Waals surface area (Å²) < 4.78 is 5.99. The Morgan fingerprint density at radius 3 is 1.25 bits per heavy atom. The van der Waals surface area contributed by atoms with Crippen LogP contribution in [0.3, 0.4) is 0 Å². The number of carbonyl (C=O) groups excluding carboxylic acids is 1. The Labute approximate surface area is 365 Å². The molecule has 0 heterocycles. The molecule has 0 bridgehead atoms. The van der Waals surface area contributed by atoms with Crippen LogP contribution in [0.4, 0.5) is 0 Å². The van der Waals surface area contributed by atoms with Gasteiger partial charge in [0.15, 0.2) is 0 Å². The second-order valence-corrected chi connectivity index (χ2v) is 18.8. The lowest BCUT2D eigenvalue weighted by Crippen LogP contribution is -2.52. The molecule has 1 amide bonds. The van der Waals surface area contributed by atoms with Gasteiger partial charge in [0.1, 0.15) is 18.3 Å². The van der Waals surface area contributed by atoms with Crippen LogP contribution in [-0.2, 0) is 9.53 Å². The smallest absolute Gasteiger partial charge is 0.220 e. The second-order valence-electron chi connectivity index (χ2n) is 18.8. The number of hydrogen-bond acceptors (Lipinski definition) is 7. The van der Waals surface area contributed by atoms with Crippen molar-refractivity contribution in [1.82, 2.24) is 5.32 Å². The van der Waals surface area contributed by atoms with E-state index in [-0.39, 0.29) is 12.5 Å². The molecule has 8 nitrogen and oxygen atoms in total. The van der Waals surface area contributed by atoms with Crippen molar-refractivity contribution in [3.8, 4) is 0 Å². The van der Waals surface area contributed by atoms with Crippen LogP contribution >= 0.6 is 0 Å². The summed E-state index contributed by atoms with van der Waals surface area (Å²) in [6, 6.07) is -0.836. The van der Waals surface area contributed by atoms with Gasteiger partial charge in [0.25, 0.3) is 0 Å². The van der Waals surface area contributed by atoms with E-state index in [0.29, 0.717) is 32.1 Å². The molecule has 6 N–H and O–H groups in total. The number of rotatable bonds is 43.